The first kappa shape index (κ1) is 17.3. The monoisotopic (exact) mass is 381 g/mol. The summed E-state index contributed by atoms with van der Waals surface area (Å²) in [5, 5.41) is 14.7. The number of benzene rings is 2. The van der Waals surface area contributed by atoms with Crippen LogP contribution < -0.4 is 5.32 Å². The molecule has 1 amide bonds. The Kier molecular flexibility index (Phi) is 5.25. The van der Waals surface area contributed by atoms with Gasteiger partial charge >= 0.3 is 0 Å². The molecule has 0 aliphatic rings. The molecule has 0 aliphatic heterocycles. The van der Waals surface area contributed by atoms with Crippen molar-refractivity contribution in [2.24, 2.45) is 0 Å². The number of hydrogen-bond donors (Lipinski definition) is 1. The summed E-state index contributed by atoms with van der Waals surface area (Å²) in [5.41, 5.74) is 0.819. The largest absolute Gasteiger partial charge is 0.325 e. The molecule has 0 atom stereocenters. The number of aromatic nitrogens is 4. The highest BCUT2D eigenvalue weighted by Crippen LogP contribution is 2.21. The fourth-order valence-electron chi connectivity index (χ4n) is 1.94. The van der Waals surface area contributed by atoms with Crippen LogP contribution in [-0.2, 0) is 4.79 Å². The van der Waals surface area contributed by atoms with Crippen LogP contribution in [0.3, 0.4) is 0 Å². The molecule has 1 aromatic heterocycles. The van der Waals surface area contributed by atoms with Crippen molar-refractivity contribution in [3.63, 3.8) is 0 Å². The molecule has 3 rings (SSSR count). The quantitative estimate of drug-likeness (QED) is 0.686. The SMILES string of the molecule is O=C(CSc1nnnn1-c1cccc(Cl)c1)Nc1ccc(F)c(F)c1. The lowest BCUT2D eigenvalue weighted by Gasteiger charge is -2.06. The summed E-state index contributed by atoms with van der Waals surface area (Å²) in [6, 6.07) is 10.1. The lowest BCUT2D eigenvalue weighted by atomic mass is 10.3. The molecular formula is C15H10ClF2N5OS. The van der Waals surface area contributed by atoms with Crippen molar-refractivity contribution in [3.8, 4) is 5.69 Å². The zero-order valence-electron chi connectivity index (χ0n) is 12.5. The second kappa shape index (κ2) is 7.58. The Morgan fingerprint density at radius 2 is 2.04 bits per heavy atom. The molecule has 25 heavy (non-hydrogen) atoms. The van der Waals surface area contributed by atoms with E-state index in [1.165, 1.54) is 10.7 Å². The molecule has 0 radical (unpaired) electrons. The van der Waals surface area contributed by atoms with Gasteiger partial charge in [-0.25, -0.2) is 8.78 Å². The summed E-state index contributed by atoms with van der Waals surface area (Å²) >= 11 is 7.04. The van der Waals surface area contributed by atoms with Crippen LogP contribution in [0.15, 0.2) is 47.6 Å². The van der Waals surface area contributed by atoms with Crippen LogP contribution in [0, 0.1) is 11.6 Å². The van der Waals surface area contributed by atoms with Crippen LogP contribution in [0.5, 0.6) is 0 Å². The molecule has 0 saturated heterocycles. The van der Waals surface area contributed by atoms with Gasteiger partial charge in [0.05, 0.1) is 11.4 Å². The minimum atomic E-state index is -1.03. The second-order valence-electron chi connectivity index (χ2n) is 4.82. The molecule has 3 aromatic rings. The maximum Gasteiger partial charge on any atom is 0.234 e. The first-order valence-electron chi connectivity index (χ1n) is 6.95. The molecule has 0 aliphatic carbocycles. The predicted octanol–water partition coefficient (Wildman–Crippen LogP) is 3.32. The molecule has 0 spiro atoms. The van der Waals surface area contributed by atoms with Gasteiger partial charge in [-0.3, -0.25) is 4.79 Å². The molecule has 0 saturated carbocycles. The number of anilines is 1. The van der Waals surface area contributed by atoms with Gasteiger partial charge in [0.1, 0.15) is 0 Å². The average Bonchev–Trinajstić information content (AvgIpc) is 3.05. The molecule has 0 unspecified atom stereocenters. The highest BCUT2D eigenvalue weighted by molar-refractivity contribution is 7.99. The van der Waals surface area contributed by atoms with E-state index in [0.717, 1.165) is 23.9 Å². The van der Waals surface area contributed by atoms with Crippen molar-refractivity contribution in [1.82, 2.24) is 20.2 Å². The second-order valence-corrected chi connectivity index (χ2v) is 6.20. The summed E-state index contributed by atoms with van der Waals surface area (Å²) in [5.74, 6) is -2.43. The van der Waals surface area contributed by atoms with Crippen LogP contribution in [0.4, 0.5) is 14.5 Å². The Morgan fingerprint density at radius 1 is 1.20 bits per heavy atom. The molecular weight excluding hydrogens is 372 g/mol. The third kappa shape index (κ3) is 4.31. The van der Waals surface area contributed by atoms with Gasteiger partial charge in [0, 0.05) is 16.8 Å². The Labute approximate surface area is 150 Å². The van der Waals surface area contributed by atoms with Crippen molar-refractivity contribution < 1.29 is 13.6 Å². The minimum absolute atomic E-state index is 0.0140. The first-order chi connectivity index (χ1) is 12.0. The van der Waals surface area contributed by atoms with Gasteiger partial charge in [-0.15, -0.1) is 5.10 Å². The number of rotatable bonds is 5. The standard InChI is InChI=1S/C15H10ClF2N5OS/c16-9-2-1-3-11(6-9)23-15(20-21-22-23)25-8-14(24)19-10-4-5-12(17)13(18)7-10/h1-7H,8H2,(H,19,24). The Balaban J connectivity index is 1.65. The number of halogens is 3. The number of nitrogens with one attached hydrogen (secondary N) is 1. The van der Waals surface area contributed by atoms with Gasteiger partial charge < -0.3 is 5.32 Å². The van der Waals surface area contributed by atoms with Gasteiger partial charge in [-0.1, -0.05) is 29.4 Å². The van der Waals surface area contributed by atoms with E-state index in [9.17, 15) is 13.6 Å². The van der Waals surface area contributed by atoms with Crippen molar-refractivity contribution in [1.29, 1.82) is 0 Å². The summed E-state index contributed by atoms with van der Waals surface area (Å²) in [6.07, 6.45) is 0. The van der Waals surface area contributed by atoms with Crippen molar-refractivity contribution in [3.05, 3.63) is 59.1 Å². The van der Waals surface area contributed by atoms with E-state index < -0.39 is 17.5 Å². The van der Waals surface area contributed by atoms with E-state index in [2.05, 4.69) is 20.8 Å². The number of hydrogen-bond acceptors (Lipinski definition) is 5. The van der Waals surface area contributed by atoms with Crippen LogP contribution >= 0.6 is 23.4 Å². The van der Waals surface area contributed by atoms with Gasteiger partial charge in [0.2, 0.25) is 11.1 Å². The number of tetrazole rings is 1. The number of nitrogens with zero attached hydrogens (tertiary/aromatic N) is 4. The fraction of sp³-hybridized carbons (Fsp3) is 0.0667. The number of carbonyl (C=O) groups excluding carboxylic acids is 1. The van der Waals surface area contributed by atoms with Crippen molar-refractivity contribution in [2.45, 2.75) is 5.16 Å². The molecule has 2 aromatic carbocycles. The van der Waals surface area contributed by atoms with E-state index in [1.54, 1.807) is 24.3 Å². The normalized spacial score (nSPS) is 10.7. The van der Waals surface area contributed by atoms with Gasteiger partial charge in [0.25, 0.3) is 0 Å². The minimum Gasteiger partial charge on any atom is -0.325 e. The highest BCUT2D eigenvalue weighted by Gasteiger charge is 2.12. The van der Waals surface area contributed by atoms with Gasteiger partial charge in [-0.2, -0.15) is 4.68 Å². The summed E-state index contributed by atoms with van der Waals surface area (Å²) < 4.78 is 27.5. The summed E-state index contributed by atoms with van der Waals surface area (Å²) in [6.45, 7) is 0. The van der Waals surface area contributed by atoms with E-state index >= 15 is 0 Å². The molecule has 128 valence electrons. The van der Waals surface area contributed by atoms with Crippen molar-refractivity contribution >= 4 is 35.0 Å². The Bertz CT molecular complexity index is 920. The lowest BCUT2D eigenvalue weighted by molar-refractivity contribution is -0.113. The molecule has 0 fully saturated rings. The Morgan fingerprint density at radius 3 is 2.80 bits per heavy atom. The number of thioether (sulfide) groups is 1. The topological polar surface area (TPSA) is 72.7 Å². The highest BCUT2D eigenvalue weighted by atomic mass is 35.5. The van der Waals surface area contributed by atoms with Crippen LogP contribution in [0.25, 0.3) is 5.69 Å². The lowest BCUT2D eigenvalue weighted by Crippen LogP contribution is -2.15. The summed E-state index contributed by atoms with van der Waals surface area (Å²) in [7, 11) is 0. The fourth-order valence-corrected chi connectivity index (χ4v) is 2.82. The number of amides is 1. The van der Waals surface area contributed by atoms with Crippen LogP contribution in [0.1, 0.15) is 0 Å². The zero-order valence-corrected chi connectivity index (χ0v) is 14.1. The van der Waals surface area contributed by atoms with Crippen molar-refractivity contribution in [2.75, 3.05) is 11.1 Å². The first-order valence-corrected chi connectivity index (χ1v) is 8.31. The predicted molar refractivity (Wildman–Crippen MR) is 89.9 cm³/mol. The maximum atomic E-state index is 13.1. The van der Waals surface area contributed by atoms with Gasteiger partial charge in [-0.05, 0) is 40.8 Å². The summed E-state index contributed by atoms with van der Waals surface area (Å²) in [4.78, 5) is 12.0. The molecule has 1 N–H and O–H groups in total. The number of carbonyl (C=O) groups is 1. The van der Waals surface area contributed by atoms with E-state index in [1.807, 2.05) is 0 Å². The van der Waals surface area contributed by atoms with E-state index in [0.29, 0.717) is 15.9 Å². The van der Waals surface area contributed by atoms with Crippen LogP contribution in [-0.4, -0.2) is 31.9 Å². The van der Waals surface area contributed by atoms with E-state index in [-0.39, 0.29) is 11.4 Å². The molecule has 6 nitrogen and oxygen atoms in total. The third-order valence-electron chi connectivity index (χ3n) is 3.03. The average molecular weight is 382 g/mol. The molecule has 0 bridgehead atoms. The van der Waals surface area contributed by atoms with Crippen LogP contribution in [0.2, 0.25) is 5.02 Å². The van der Waals surface area contributed by atoms with E-state index in [4.69, 9.17) is 11.6 Å². The van der Waals surface area contributed by atoms with Gasteiger partial charge in [0.15, 0.2) is 11.6 Å². The molecule has 10 heteroatoms. The Hall–Kier alpha value is -2.52. The smallest absolute Gasteiger partial charge is 0.234 e. The molecule has 1 heterocycles. The maximum absolute atomic E-state index is 13.1. The third-order valence-corrected chi connectivity index (χ3v) is 4.18. The zero-order chi connectivity index (χ0) is 17.8.